The Kier molecular flexibility index (Phi) is 6.73. The summed E-state index contributed by atoms with van der Waals surface area (Å²) in [4.78, 5) is 12.0. The van der Waals surface area contributed by atoms with E-state index >= 15 is 0 Å². The molecule has 1 aromatic carbocycles. The van der Waals surface area contributed by atoms with Crippen LogP contribution in [0.3, 0.4) is 0 Å². The Hall–Kier alpha value is -1.35. The standard InChI is InChI=1S/C13H19N5O.HI/c1-9-4-3-5-10-12(9)18-11(17-10)8-16-13(14)15-6-7-19-2;/h3-5H,6-8H2,1-2H3,(H,17,18)(H3,14,15,16);1H. The quantitative estimate of drug-likeness (QED) is 0.313. The topological polar surface area (TPSA) is 88.3 Å². The third-order valence-electron chi connectivity index (χ3n) is 2.77. The molecule has 0 radical (unpaired) electrons. The summed E-state index contributed by atoms with van der Waals surface area (Å²) < 4.78 is 4.92. The first-order valence-corrected chi connectivity index (χ1v) is 6.17. The molecule has 6 nitrogen and oxygen atoms in total. The van der Waals surface area contributed by atoms with Crippen LogP contribution in [0.1, 0.15) is 11.4 Å². The second-order valence-electron chi connectivity index (χ2n) is 4.28. The number of guanidine groups is 1. The van der Waals surface area contributed by atoms with Gasteiger partial charge in [-0.15, -0.1) is 24.0 Å². The zero-order valence-corrected chi connectivity index (χ0v) is 14.0. The predicted octanol–water partition coefficient (Wildman–Crippen LogP) is 1.54. The van der Waals surface area contributed by atoms with Gasteiger partial charge in [-0.1, -0.05) is 12.1 Å². The van der Waals surface area contributed by atoms with Gasteiger partial charge >= 0.3 is 0 Å². The second-order valence-corrected chi connectivity index (χ2v) is 4.28. The lowest BCUT2D eigenvalue weighted by Crippen LogP contribution is -2.34. The van der Waals surface area contributed by atoms with Crippen LogP contribution in [0.5, 0.6) is 0 Å². The summed E-state index contributed by atoms with van der Waals surface area (Å²) in [6.07, 6.45) is 0. The van der Waals surface area contributed by atoms with Crippen molar-refractivity contribution < 1.29 is 4.74 Å². The molecule has 2 rings (SSSR count). The number of aromatic nitrogens is 2. The molecule has 0 fully saturated rings. The van der Waals surface area contributed by atoms with Gasteiger partial charge < -0.3 is 20.8 Å². The fourth-order valence-corrected chi connectivity index (χ4v) is 1.80. The van der Waals surface area contributed by atoms with E-state index in [1.54, 1.807) is 7.11 Å². The van der Waals surface area contributed by atoms with Gasteiger partial charge in [-0.25, -0.2) is 9.98 Å². The molecule has 7 heteroatoms. The SMILES string of the molecule is COCCNC(N)=NCc1nc2c(C)cccc2[nH]1.I. The summed E-state index contributed by atoms with van der Waals surface area (Å²) in [6, 6.07) is 6.04. The van der Waals surface area contributed by atoms with Gasteiger partial charge in [0, 0.05) is 13.7 Å². The van der Waals surface area contributed by atoms with E-state index in [0.717, 1.165) is 22.4 Å². The Morgan fingerprint density at radius 3 is 3.00 bits per heavy atom. The zero-order valence-electron chi connectivity index (χ0n) is 11.6. The number of rotatable bonds is 5. The van der Waals surface area contributed by atoms with Crippen molar-refractivity contribution >= 4 is 41.0 Å². The van der Waals surface area contributed by atoms with Crippen LogP contribution < -0.4 is 11.1 Å². The number of nitrogens with one attached hydrogen (secondary N) is 2. The number of halogens is 1. The van der Waals surface area contributed by atoms with Crippen LogP contribution in [0.4, 0.5) is 0 Å². The first kappa shape index (κ1) is 16.7. The number of benzene rings is 1. The number of para-hydroxylation sites is 1. The number of nitrogens with two attached hydrogens (primary N) is 1. The van der Waals surface area contributed by atoms with E-state index in [4.69, 9.17) is 10.5 Å². The number of hydrogen-bond donors (Lipinski definition) is 3. The van der Waals surface area contributed by atoms with E-state index in [2.05, 4.69) is 20.3 Å². The number of fused-ring (bicyclic) bond motifs is 1. The van der Waals surface area contributed by atoms with E-state index in [9.17, 15) is 0 Å². The molecule has 110 valence electrons. The largest absolute Gasteiger partial charge is 0.383 e. The number of ether oxygens (including phenoxy) is 1. The molecule has 2 aromatic rings. The maximum atomic E-state index is 5.73. The van der Waals surface area contributed by atoms with Gasteiger partial charge in [-0.2, -0.15) is 0 Å². The number of aryl methyl sites for hydroxylation is 1. The molecule has 0 aliphatic heterocycles. The molecule has 0 amide bonds. The van der Waals surface area contributed by atoms with Crippen LogP contribution in [0.2, 0.25) is 0 Å². The van der Waals surface area contributed by atoms with Crippen molar-refractivity contribution in [2.45, 2.75) is 13.5 Å². The Labute approximate surface area is 135 Å². The first-order chi connectivity index (χ1) is 9.20. The van der Waals surface area contributed by atoms with Crippen molar-refractivity contribution in [3.8, 4) is 0 Å². The maximum absolute atomic E-state index is 5.73. The minimum Gasteiger partial charge on any atom is -0.383 e. The van der Waals surface area contributed by atoms with Crippen LogP contribution >= 0.6 is 24.0 Å². The van der Waals surface area contributed by atoms with Crippen molar-refractivity contribution in [1.82, 2.24) is 15.3 Å². The number of methoxy groups -OCH3 is 1. The van der Waals surface area contributed by atoms with Crippen LogP contribution in [0.15, 0.2) is 23.2 Å². The summed E-state index contributed by atoms with van der Waals surface area (Å²) >= 11 is 0. The van der Waals surface area contributed by atoms with E-state index in [0.29, 0.717) is 25.7 Å². The van der Waals surface area contributed by atoms with Gasteiger partial charge in [0.25, 0.3) is 0 Å². The molecule has 1 aromatic heterocycles. The van der Waals surface area contributed by atoms with Gasteiger partial charge in [0.1, 0.15) is 12.4 Å². The number of H-pyrrole nitrogens is 1. The highest BCUT2D eigenvalue weighted by Gasteiger charge is 2.04. The number of nitrogens with zero attached hydrogens (tertiary/aromatic N) is 2. The lowest BCUT2D eigenvalue weighted by atomic mass is 10.2. The fraction of sp³-hybridized carbons (Fsp3) is 0.385. The Balaban J connectivity index is 0.00000200. The highest BCUT2D eigenvalue weighted by atomic mass is 127. The number of imidazole rings is 1. The predicted molar refractivity (Wildman–Crippen MR) is 91.5 cm³/mol. The van der Waals surface area contributed by atoms with Crippen molar-refractivity contribution in [2.24, 2.45) is 10.7 Å². The van der Waals surface area contributed by atoms with Gasteiger partial charge in [-0.3, -0.25) is 0 Å². The lowest BCUT2D eigenvalue weighted by Gasteiger charge is -2.03. The Morgan fingerprint density at radius 2 is 2.30 bits per heavy atom. The van der Waals surface area contributed by atoms with Crippen LogP contribution in [0, 0.1) is 6.92 Å². The second kappa shape index (κ2) is 8.05. The van der Waals surface area contributed by atoms with E-state index in [1.807, 2.05) is 25.1 Å². The van der Waals surface area contributed by atoms with Crippen LogP contribution in [-0.2, 0) is 11.3 Å². The van der Waals surface area contributed by atoms with Crippen LogP contribution in [-0.4, -0.2) is 36.2 Å². The molecule has 0 unspecified atom stereocenters. The highest BCUT2D eigenvalue weighted by Crippen LogP contribution is 2.15. The Bertz CT molecular complexity index is 581. The van der Waals surface area contributed by atoms with Crippen molar-refractivity contribution in [1.29, 1.82) is 0 Å². The highest BCUT2D eigenvalue weighted by molar-refractivity contribution is 14.0. The van der Waals surface area contributed by atoms with Gasteiger partial charge in [0.2, 0.25) is 0 Å². The molecule has 0 bridgehead atoms. The minimum absolute atomic E-state index is 0. The molecule has 0 aliphatic rings. The van der Waals surface area contributed by atoms with Gasteiger partial charge in [0.05, 0.1) is 17.6 Å². The van der Waals surface area contributed by atoms with Gasteiger partial charge in [-0.05, 0) is 18.6 Å². The van der Waals surface area contributed by atoms with E-state index in [-0.39, 0.29) is 24.0 Å². The van der Waals surface area contributed by atoms with E-state index in [1.165, 1.54) is 0 Å². The average molecular weight is 389 g/mol. The number of aliphatic imine (C=N–C) groups is 1. The van der Waals surface area contributed by atoms with Crippen molar-refractivity contribution in [2.75, 3.05) is 20.3 Å². The molecule has 0 aliphatic carbocycles. The van der Waals surface area contributed by atoms with Crippen molar-refractivity contribution in [3.05, 3.63) is 29.6 Å². The fourth-order valence-electron chi connectivity index (χ4n) is 1.80. The molecule has 0 atom stereocenters. The molecule has 4 N–H and O–H groups in total. The maximum Gasteiger partial charge on any atom is 0.189 e. The minimum atomic E-state index is 0. The summed E-state index contributed by atoms with van der Waals surface area (Å²) in [6.45, 7) is 3.71. The zero-order chi connectivity index (χ0) is 13.7. The summed E-state index contributed by atoms with van der Waals surface area (Å²) in [5.74, 6) is 1.20. The van der Waals surface area contributed by atoms with E-state index < -0.39 is 0 Å². The normalized spacial score (nSPS) is 11.4. The molecule has 0 saturated carbocycles. The summed E-state index contributed by atoms with van der Waals surface area (Å²) in [5, 5.41) is 2.96. The monoisotopic (exact) mass is 389 g/mol. The molecule has 1 heterocycles. The molecule has 0 saturated heterocycles. The average Bonchev–Trinajstić information content (AvgIpc) is 2.81. The molecular weight excluding hydrogens is 369 g/mol. The van der Waals surface area contributed by atoms with Gasteiger partial charge in [0.15, 0.2) is 5.96 Å². The third-order valence-corrected chi connectivity index (χ3v) is 2.77. The summed E-state index contributed by atoms with van der Waals surface area (Å²) in [7, 11) is 1.64. The molecule has 0 spiro atoms. The molecule has 20 heavy (non-hydrogen) atoms. The number of aromatic amines is 1. The number of hydrogen-bond acceptors (Lipinski definition) is 3. The lowest BCUT2D eigenvalue weighted by molar-refractivity contribution is 0.204. The first-order valence-electron chi connectivity index (χ1n) is 6.17. The van der Waals surface area contributed by atoms with Crippen LogP contribution in [0.25, 0.3) is 11.0 Å². The molecular formula is C13H20IN5O. The Morgan fingerprint density at radius 1 is 1.50 bits per heavy atom. The third kappa shape index (κ3) is 4.34. The smallest absolute Gasteiger partial charge is 0.189 e. The van der Waals surface area contributed by atoms with Crippen molar-refractivity contribution in [3.63, 3.8) is 0 Å². The summed E-state index contributed by atoms with van der Waals surface area (Å²) in [5.41, 5.74) is 8.89.